The van der Waals surface area contributed by atoms with Gasteiger partial charge in [-0.05, 0) is 18.1 Å². The first-order valence-corrected chi connectivity index (χ1v) is 11.7. The van der Waals surface area contributed by atoms with Crippen molar-refractivity contribution in [2.24, 2.45) is 7.05 Å². The molecule has 0 aliphatic carbocycles. The summed E-state index contributed by atoms with van der Waals surface area (Å²) in [5.41, 5.74) is 3.53. The van der Waals surface area contributed by atoms with Gasteiger partial charge in [0.2, 0.25) is 5.91 Å². The molecule has 0 saturated carbocycles. The lowest BCUT2D eigenvalue weighted by molar-refractivity contribution is -0.130. The van der Waals surface area contributed by atoms with Crippen molar-refractivity contribution in [2.45, 2.75) is 26.3 Å². The van der Waals surface area contributed by atoms with Gasteiger partial charge in [-0.2, -0.15) is 5.10 Å². The molecule has 2 aliphatic heterocycles. The first-order chi connectivity index (χ1) is 15.5. The molecule has 0 atom stereocenters. The summed E-state index contributed by atoms with van der Waals surface area (Å²) in [6.45, 7) is 11.8. The van der Waals surface area contributed by atoms with Crippen molar-refractivity contribution in [2.75, 3.05) is 68.8 Å². The van der Waals surface area contributed by atoms with Crippen molar-refractivity contribution in [3.63, 3.8) is 0 Å². The summed E-state index contributed by atoms with van der Waals surface area (Å²) in [4.78, 5) is 19.5. The molecule has 8 nitrogen and oxygen atoms in total. The Morgan fingerprint density at radius 2 is 1.72 bits per heavy atom. The standard InChI is InChI=1S/C24H36N6O2/c1-19(2)23-21(24(27(3)26-23)30-13-15-32-16-14-30)17-25-18-22(31)29-11-9-28(10-12-29)20-7-5-4-6-8-20/h4-8,19,25H,9-18H2,1-3H3. The van der Waals surface area contributed by atoms with E-state index in [1.54, 1.807) is 0 Å². The van der Waals surface area contributed by atoms with Gasteiger partial charge in [0, 0.05) is 64.1 Å². The van der Waals surface area contributed by atoms with Crippen LogP contribution in [0.1, 0.15) is 31.0 Å². The van der Waals surface area contributed by atoms with Gasteiger partial charge in [-0.25, -0.2) is 0 Å². The molecule has 1 N–H and O–H groups in total. The predicted octanol–water partition coefficient (Wildman–Crippen LogP) is 1.82. The maximum absolute atomic E-state index is 12.8. The van der Waals surface area contributed by atoms with Gasteiger partial charge < -0.3 is 24.8 Å². The van der Waals surface area contributed by atoms with Crippen LogP contribution in [0.15, 0.2) is 30.3 Å². The van der Waals surface area contributed by atoms with E-state index in [9.17, 15) is 4.79 Å². The first-order valence-electron chi connectivity index (χ1n) is 11.7. The summed E-state index contributed by atoms with van der Waals surface area (Å²) in [6, 6.07) is 10.4. The third kappa shape index (κ3) is 5.07. The number of piperazine rings is 1. The summed E-state index contributed by atoms with van der Waals surface area (Å²) in [5.74, 6) is 1.64. The minimum Gasteiger partial charge on any atom is -0.378 e. The number of hydrogen-bond donors (Lipinski definition) is 1. The van der Waals surface area contributed by atoms with E-state index in [4.69, 9.17) is 9.84 Å². The van der Waals surface area contributed by atoms with Crippen molar-refractivity contribution in [1.29, 1.82) is 0 Å². The van der Waals surface area contributed by atoms with Gasteiger partial charge >= 0.3 is 0 Å². The van der Waals surface area contributed by atoms with Crippen LogP contribution in [-0.4, -0.2) is 79.6 Å². The Hall–Kier alpha value is -2.58. The molecule has 1 amide bonds. The number of para-hydroxylation sites is 1. The van der Waals surface area contributed by atoms with E-state index in [1.807, 2.05) is 22.7 Å². The number of morpholine rings is 1. The van der Waals surface area contributed by atoms with Gasteiger partial charge in [0.15, 0.2) is 0 Å². The van der Waals surface area contributed by atoms with Crippen LogP contribution >= 0.6 is 0 Å². The number of rotatable bonds is 7. The summed E-state index contributed by atoms with van der Waals surface area (Å²) in [7, 11) is 2.01. The molecule has 2 fully saturated rings. The molecule has 0 radical (unpaired) electrons. The summed E-state index contributed by atoms with van der Waals surface area (Å²) >= 11 is 0. The lowest BCUT2D eigenvalue weighted by Gasteiger charge is -2.36. The normalized spacial score (nSPS) is 17.3. The van der Waals surface area contributed by atoms with E-state index in [0.717, 1.165) is 64.0 Å². The van der Waals surface area contributed by atoms with E-state index < -0.39 is 0 Å². The minimum atomic E-state index is 0.167. The highest BCUT2D eigenvalue weighted by Gasteiger charge is 2.25. The molecule has 32 heavy (non-hydrogen) atoms. The summed E-state index contributed by atoms with van der Waals surface area (Å²) < 4.78 is 7.52. The van der Waals surface area contributed by atoms with Crippen molar-refractivity contribution in [3.8, 4) is 0 Å². The Morgan fingerprint density at radius 3 is 2.38 bits per heavy atom. The lowest BCUT2D eigenvalue weighted by Crippen LogP contribution is -2.50. The van der Waals surface area contributed by atoms with E-state index in [-0.39, 0.29) is 5.91 Å². The zero-order valence-electron chi connectivity index (χ0n) is 19.6. The average molecular weight is 441 g/mol. The fourth-order valence-corrected chi connectivity index (χ4v) is 4.64. The fraction of sp³-hybridized carbons (Fsp3) is 0.583. The molecule has 3 heterocycles. The Kier molecular flexibility index (Phi) is 7.32. The summed E-state index contributed by atoms with van der Waals surface area (Å²) in [6.07, 6.45) is 0. The number of nitrogens with zero attached hydrogens (tertiary/aromatic N) is 5. The topological polar surface area (TPSA) is 65.9 Å². The molecule has 4 rings (SSSR count). The molecular weight excluding hydrogens is 404 g/mol. The fourth-order valence-electron chi connectivity index (χ4n) is 4.64. The molecular formula is C24H36N6O2. The van der Waals surface area contributed by atoms with Crippen LogP contribution in [0.25, 0.3) is 0 Å². The average Bonchev–Trinajstić information content (AvgIpc) is 3.16. The number of nitrogens with one attached hydrogen (secondary N) is 1. The van der Waals surface area contributed by atoms with Gasteiger partial charge in [0.05, 0.1) is 25.5 Å². The maximum atomic E-state index is 12.8. The Bertz CT molecular complexity index is 883. The molecule has 1 aromatic carbocycles. The van der Waals surface area contributed by atoms with E-state index in [1.165, 1.54) is 11.3 Å². The number of amides is 1. The molecule has 0 bridgehead atoms. The Morgan fingerprint density at radius 1 is 1.03 bits per heavy atom. The number of aryl methyl sites for hydroxylation is 1. The van der Waals surface area contributed by atoms with Crippen molar-refractivity contribution >= 4 is 17.4 Å². The number of ether oxygens (including phenoxy) is 1. The second kappa shape index (κ2) is 10.4. The second-order valence-electron chi connectivity index (χ2n) is 8.87. The Labute approximate surface area is 191 Å². The van der Waals surface area contributed by atoms with Crippen LogP contribution in [0.4, 0.5) is 11.5 Å². The highest BCUT2D eigenvalue weighted by molar-refractivity contribution is 5.78. The number of hydrogen-bond acceptors (Lipinski definition) is 6. The molecule has 2 saturated heterocycles. The molecule has 2 aromatic rings. The number of carbonyl (C=O) groups excluding carboxylic acids is 1. The zero-order valence-corrected chi connectivity index (χ0v) is 19.6. The SMILES string of the molecule is CC(C)c1nn(C)c(N2CCOCC2)c1CNCC(=O)N1CCN(c2ccccc2)CC1. The quantitative estimate of drug-likeness (QED) is 0.709. The number of aromatic nitrogens is 2. The van der Waals surface area contributed by atoms with Gasteiger partial charge in [-0.15, -0.1) is 0 Å². The van der Waals surface area contributed by atoms with Gasteiger partial charge in [-0.1, -0.05) is 32.0 Å². The van der Waals surface area contributed by atoms with Gasteiger partial charge in [0.1, 0.15) is 5.82 Å². The molecule has 0 spiro atoms. The van der Waals surface area contributed by atoms with Crippen LogP contribution in [0.3, 0.4) is 0 Å². The van der Waals surface area contributed by atoms with Crippen molar-refractivity contribution < 1.29 is 9.53 Å². The highest BCUT2D eigenvalue weighted by Crippen LogP contribution is 2.29. The van der Waals surface area contributed by atoms with Crippen LogP contribution in [-0.2, 0) is 23.1 Å². The second-order valence-corrected chi connectivity index (χ2v) is 8.87. The highest BCUT2D eigenvalue weighted by atomic mass is 16.5. The summed E-state index contributed by atoms with van der Waals surface area (Å²) in [5, 5.41) is 8.22. The largest absolute Gasteiger partial charge is 0.378 e. The molecule has 1 aromatic heterocycles. The number of benzene rings is 1. The zero-order chi connectivity index (χ0) is 22.5. The molecule has 0 unspecified atom stereocenters. The number of carbonyl (C=O) groups is 1. The van der Waals surface area contributed by atoms with Crippen LogP contribution < -0.4 is 15.1 Å². The van der Waals surface area contributed by atoms with Crippen LogP contribution in [0.2, 0.25) is 0 Å². The third-order valence-electron chi connectivity index (χ3n) is 6.33. The number of anilines is 2. The predicted molar refractivity (Wildman–Crippen MR) is 127 cm³/mol. The Balaban J connectivity index is 1.33. The van der Waals surface area contributed by atoms with E-state index in [2.05, 4.69) is 53.2 Å². The van der Waals surface area contributed by atoms with Crippen LogP contribution in [0, 0.1) is 0 Å². The first kappa shape index (κ1) is 22.6. The smallest absolute Gasteiger partial charge is 0.236 e. The third-order valence-corrected chi connectivity index (χ3v) is 6.33. The van der Waals surface area contributed by atoms with Gasteiger partial charge in [0.25, 0.3) is 0 Å². The van der Waals surface area contributed by atoms with Crippen LogP contribution in [0.5, 0.6) is 0 Å². The molecule has 8 heteroatoms. The van der Waals surface area contributed by atoms with Gasteiger partial charge in [-0.3, -0.25) is 9.48 Å². The lowest BCUT2D eigenvalue weighted by atomic mass is 10.0. The monoisotopic (exact) mass is 440 g/mol. The maximum Gasteiger partial charge on any atom is 0.236 e. The van der Waals surface area contributed by atoms with E-state index >= 15 is 0 Å². The van der Waals surface area contributed by atoms with E-state index in [0.29, 0.717) is 19.0 Å². The minimum absolute atomic E-state index is 0.167. The molecule has 174 valence electrons. The molecule has 2 aliphatic rings. The van der Waals surface area contributed by atoms with Crippen molar-refractivity contribution in [3.05, 3.63) is 41.6 Å². The van der Waals surface area contributed by atoms with Crippen molar-refractivity contribution in [1.82, 2.24) is 20.0 Å².